The predicted molar refractivity (Wildman–Crippen MR) is 97.6 cm³/mol. The van der Waals surface area contributed by atoms with Crippen LogP contribution in [0.4, 0.5) is 0 Å². The third-order valence-corrected chi connectivity index (χ3v) is 4.13. The number of rotatable bonds is 7. The molecule has 5 nitrogen and oxygen atoms in total. The van der Waals surface area contributed by atoms with Gasteiger partial charge >= 0.3 is 11.9 Å². The van der Waals surface area contributed by atoms with Crippen LogP contribution >= 0.6 is 0 Å². The average Bonchev–Trinajstić information content (AvgIpc) is 2.67. The Morgan fingerprint density at radius 3 is 2.46 bits per heavy atom. The summed E-state index contributed by atoms with van der Waals surface area (Å²) in [7, 11) is 0. The van der Waals surface area contributed by atoms with Gasteiger partial charge in [-0.2, -0.15) is 0 Å². The Bertz CT molecular complexity index is 908. The second-order valence-electron chi connectivity index (χ2n) is 6.01. The summed E-state index contributed by atoms with van der Waals surface area (Å²) in [5, 5.41) is 9.96. The zero-order chi connectivity index (χ0) is 18.4. The minimum Gasteiger partial charge on any atom is -0.481 e. The first-order valence-electron chi connectivity index (χ1n) is 8.41. The topological polar surface area (TPSA) is 76.5 Å². The minimum atomic E-state index is -0.952. The van der Waals surface area contributed by atoms with Gasteiger partial charge in [-0.1, -0.05) is 54.6 Å². The van der Waals surface area contributed by atoms with Crippen molar-refractivity contribution < 1.29 is 19.4 Å². The van der Waals surface area contributed by atoms with Gasteiger partial charge in [0.05, 0.1) is 17.1 Å². The SMILES string of the molecule is O=C(O)CCC(C(=O)OCc1ccccc1)c1ccc2ccccc2n1. The Labute approximate surface area is 151 Å². The third kappa shape index (κ3) is 4.45. The molecule has 0 radical (unpaired) electrons. The lowest BCUT2D eigenvalue weighted by molar-refractivity contribution is -0.147. The van der Waals surface area contributed by atoms with E-state index in [1.807, 2.05) is 60.7 Å². The van der Waals surface area contributed by atoms with Gasteiger partial charge < -0.3 is 9.84 Å². The van der Waals surface area contributed by atoms with Crippen LogP contribution in [0.25, 0.3) is 10.9 Å². The van der Waals surface area contributed by atoms with Gasteiger partial charge in [0.2, 0.25) is 0 Å². The van der Waals surface area contributed by atoms with Crippen LogP contribution < -0.4 is 0 Å². The number of carbonyl (C=O) groups excluding carboxylic acids is 1. The molecular weight excluding hydrogens is 330 g/mol. The van der Waals surface area contributed by atoms with Gasteiger partial charge in [-0.05, 0) is 24.1 Å². The van der Waals surface area contributed by atoms with Crippen molar-refractivity contribution in [1.29, 1.82) is 0 Å². The minimum absolute atomic E-state index is 0.125. The molecule has 1 heterocycles. The van der Waals surface area contributed by atoms with Crippen LogP contribution in [0.2, 0.25) is 0 Å². The number of pyridine rings is 1. The zero-order valence-corrected chi connectivity index (χ0v) is 14.2. The number of carbonyl (C=O) groups is 2. The fourth-order valence-corrected chi connectivity index (χ4v) is 2.76. The lowest BCUT2D eigenvalue weighted by Gasteiger charge is -2.15. The molecule has 5 heteroatoms. The number of esters is 1. The van der Waals surface area contributed by atoms with Gasteiger partial charge in [0.15, 0.2) is 0 Å². The summed E-state index contributed by atoms with van der Waals surface area (Å²) >= 11 is 0. The molecule has 0 aliphatic heterocycles. The molecule has 1 aromatic heterocycles. The Morgan fingerprint density at radius 1 is 0.962 bits per heavy atom. The van der Waals surface area contributed by atoms with Crippen molar-refractivity contribution in [2.75, 3.05) is 0 Å². The van der Waals surface area contributed by atoms with Crippen LogP contribution in [0.3, 0.4) is 0 Å². The lowest BCUT2D eigenvalue weighted by Crippen LogP contribution is -2.18. The highest BCUT2D eigenvalue weighted by molar-refractivity contribution is 5.82. The van der Waals surface area contributed by atoms with Crippen molar-refractivity contribution in [2.45, 2.75) is 25.4 Å². The summed E-state index contributed by atoms with van der Waals surface area (Å²) in [5.41, 5.74) is 2.17. The highest BCUT2D eigenvalue weighted by Gasteiger charge is 2.25. The molecule has 0 fully saturated rings. The van der Waals surface area contributed by atoms with E-state index in [2.05, 4.69) is 4.98 Å². The van der Waals surface area contributed by atoms with Gasteiger partial charge in [0.25, 0.3) is 0 Å². The number of aliphatic carboxylic acids is 1. The number of ether oxygens (including phenoxy) is 1. The fourth-order valence-electron chi connectivity index (χ4n) is 2.76. The molecule has 0 saturated carbocycles. The van der Waals surface area contributed by atoms with E-state index in [0.717, 1.165) is 16.5 Å². The molecule has 0 spiro atoms. The van der Waals surface area contributed by atoms with Crippen molar-refractivity contribution >= 4 is 22.8 Å². The molecule has 0 amide bonds. The molecule has 132 valence electrons. The monoisotopic (exact) mass is 349 g/mol. The third-order valence-electron chi connectivity index (χ3n) is 4.13. The van der Waals surface area contributed by atoms with Gasteiger partial charge in [-0.25, -0.2) is 0 Å². The van der Waals surface area contributed by atoms with E-state index in [9.17, 15) is 9.59 Å². The Hall–Kier alpha value is -3.21. The van der Waals surface area contributed by atoms with Crippen molar-refractivity contribution in [1.82, 2.24) is 4.98 Å². The van der Waals surface area contributed by atoms with Crippen LogP contribution in [0, 0.1) is 0 Å². The van der Waals surface area contributed by atoms with Gasteiger partial charge in [-0.15, -0.1) is 0 Å². The molecule has 1 unspecified atom stereocenters. The summed E-state index contributed by atoms with van der Waals surface area (Å²) in [6.45, 7) is 0.150. The molecule has 2 aromatic carbocycles. The van der Waals surface area contributed by atoms with Crippen molar-refractivity contribution in [3.8, 4) is 0 Å². The van der Waals surface area contributed by atoms with Crippen LogP contribution in [0.5, 0.6) is 0 Å². The summed E-state index contributed by atoms with van der Waals surface area (Å²) in [6.07, 6.45) is 0.0217. The van der Waals surface area contributed by atoms with Gasteiger partial charge in [0.1, 0.15) is 6.61 Å². The number of para-hydroxylation sites is 1. The maximum atomic E-state index is 12.6. The van der Waals surface area contributed by atoms with Crippen LogP contribution in [-0.4, -0.2) is 22.0 Å². The number of aromatic nitrogens is 1. The average molecular weight is 349 g/mol. The van der Waals surface area contributed by atoms with Crippen LogP contribution in [0.1, 0.15) is 30.0 Å². The smallest absolute Gasteiger partial charge is 0.315 e. The van der Waals surface area contributed by atoms with E-state index in [4.69, 9.17) is 9.84 Å². The largest absolute Gasteiger partial charge is 0.481 e. The number of fused-ring (bicyclic) bond motifs is 1. The van der Waals surface area contributed by atoms with Gasteiger partial charge in [-0.3, -0.25) is 14.6 Å². The maximum Gasteiger partial charge on any atom is 0.315 e. The molecule has 0 bridgehead atoms. The second-order valence-corrected chi connectivity index (χ2v) is 6.01. The molecule has 1 N–H and O–H groups in total. The Morgan fingerprint density at radius 2 is 1.69 bits per heavy atom. The number of nitrogens with zero attached hydrogens (tertiary/aromatic N) is 1. The van der Waals surface area contributed by atoms with Crippen LogP contribution in [0.15, 0.2) is 66.7 Å². The van der Waals surface area contributed by atoms with Crippen molar-refractivity contribution in [2.24, 2.45) is 0 Å². The number of carboxylic acids is 1. The summed E-state index contributed by atoms with van der Waals surface area (Å²) in [4.78, 5) is 28.1. The molecule has 0 saturated heterocycles. The number of benzene rings is 2. The summed E-state index contributed by atoms with van der Waals surface area (Å²) in [6, 6.07) is 20.6. The second kappa shape index (κ2) is 8.25. The molecule has 3 aromatic rings. The zero-order valence-electron chi connectivity index (χ0n) is 14.2. The number of carboxylic acid groups (broad SMARTS) is 1. The van der Waals surface area contributed by atoms with Crippen LogP contribution in [-0.2, 0) is 20.9 Å². The highest BCUT2D eigenvalue weighted by atomic mass is 16.5. The summed E-state index contributed by atoms with van der Waals surface area (Å²) < 4.78 is 5.42. The highest BCUT2D eigenvalue weighted by Crippen LogP contribution is 2.24. The number of hydrogen-bond donors (Lipinski definition) is 1. The molecule has 0 aliphatic rings. The maximum absolute atomic E-state index is 12.6. The Balaban J connectivity index is 1.80. The standard InChI is InChI=1S/C21H19NO4/c23-20(24)13-11-17(21(25)26-14-15-6-2-1-3-7-15)19-12-10-16-8-4-5-9-18(16)22-19/h1-10,12,17H,11,13-14H2,(H,23,24). The van der Waals surface area contributed by atoms with E-state index < -0.39 is 17.9 Å². The molecule has 26 heavy (non-hydrogen) atoms. The molecule has 1 atom stereocenters. The first-order chi connectivity index (χ1) is 12.6. The van der Waals surface area contributed by atoms with Gasteiger partial charge in [0, 0.05) is 11.8 Å². The van der Waals surface area contributed by atoms with Crippen molar-refractivity contribution in [3.05, 3.63) is 78.0 Å². The fraction of sp³-hybridized carbons (Fsp3) is 0.190. The first-order valence-corrected chi connectivity index (χ1v) is 8.41. The first kappa shape index (κ1) is 17.6. The number of hydrogen-bond acceptors (Lipinski definition) is 4. The normalized spacial score (nSPS) is 11.8. The van der Waals surface area contributed by atoms with Crippen molar-refractivity contribution in [3.63, 3.8) is 0 Å². The molecule has 0 aliphatic carbocycles. The predicted octanol–water partition coefficient (Wildman–Crippen LogP) is 3.93. The van der Waals surface area contributed by atoms with E-state index >= 15 is 0 Å². The summed E-state index contributed by atoms with van der Waals surface area (Å²) in [5.74, 6) is -2.12. The van der Waals surface area contributed by atoms with E-state index in [1.54, 1.807) is 6.07 Å². The van der Waals surface area contributed by atoms with E-state index in [-0.39, 0.29) is 19.4 Å². The molecular formula is C21H19NO4. The molecule has 3 rings (SSSR count). The van der Waals surface area contributed by atoms with E-state index in [1.165, 1.54) is 0 Å². The quantitative estimate of drug-likeness (QED) is 0.654. The van der Waals surface area contributed by atoms with E-state index in [0.29, 0.717) is 5.69 Å². The lowest BCUT2D eigenvalue weighted by atomic mass is 9.98. The Kier molecular flexibility index (Phi) is 5.59.